The van der Waals surface area contributed by atoms with Crippen LogP contribution in [0, 0.1) is 12.7 Å². The molecule has 1 N–H and O–H groups in total. The first kappa shape index (κ1) is 13.0. The molecule has 0 aliphatic heterocycles. The number of rotatable bonds is 4. The van der Waals surface area contributed by atoms with Gasteiger partial charge in [-0.05, 0) is 19.1 Å². The van der Waals surface area contributed by atoms with E-state index in [1.807, 2.05) is 6.92 Å². The summed E-state index contributed by atoms with van der Waals surface area (Å²) in [5, 5.41) is 8.61. The molecule has 94 valence electrons. The van der Waals surface area contributed by atoms with Crippen molar-refractivity contribution in [3.8, 4) is 11.3 Å². The quantitative estimate of drug-likeness (QED) is 0.873. The number of aliphatic carboxylic acids is 1. The molecule has 1 aromatic heterocycles. The van der Waals surface area contributed by atoms with Crippen LogP contribution in [0.2, 0.25) is 0 Å². The van der Waals surface area contributed by atoms with Crippen molar-refractivity contribution >= 4 is 29.1 Å². The van der Waals surface area contributed by atoms with Crippen molar-refractivity contribution in [1.29, 1.82) is 0 Å². The predicted octanol–water partition coefficient (Wildman–Crippen LogP) is 3.43. The topological polar surface area (TPSA) is 50.2 Å². The molecule has 2 rings (SSSR count). The van der Waals surface area contributed by atoms with Crippen LogP contribution in [0.15, 0.2) is 28.6 Å². The van der Waals surface area contributed by atoms with Gasteiger partial charge in [-0.25, -0.2) is 9.37 Å². The molecule has 0 aliphatic rings. The summed E-state index contributed by atoms with van der Waals surface area (Å²) in [6, 6.07) is 6.43. The van der Waals surface area contributed by atoms with E-state index in [4.69, 9.17) is 5.11 Å². The monoisotopic (exact) mass is 283 g/mol. The molecule has 6 heteroatoms. The number of carbonyl (C=O) groups is 1. The summed E-state index contributed by atoms with van der Waals surface area (Å²) in [5.74, 6) is -1.25. The summed E-state index contributed by atoms with van der Waals surface area (Å²) in [4.78, 5) is 15.7. The molecular weight excluding hydrogens is 273 g/mol. The highest BCUT2D eigenvalue weighted by Crippen LogP contribution is 2.33. The van der Waals surface area contributed by atoms with Gasteiger partial charge in [-0.1, -0.05) is 23.9 Å². The fourth-order valence-corrected chi connectivity index (χ4v) is 3.30. The van der Waals surface area contributed by atoms with Crippen molar-refractivity contribution < 1.29 is 14.3 Å². The number of benzene rings is 1. The van der Waals surface area contributed by atoms with Crippen molar-refractivity contribution in [3.63, 3.8) is 0 Å². The lowest BCUT2D eigenvalue weighted by Gasteiger charge is -1.99. The molecule has 18 heavy (non-hydrogen) atoms. The van der Waals surface area contributed by atoms with Crippen LogP contribution in [-0.2, 0) is 4.79 Å². The maximum absolute atomic E-state index is 13.6. The third-order valence-electron chi connectivity index (χ3n) is 2.23. The maximum Gasteiger partial charge on any atom is 0.313 e. The van der Waals surface area contributed by atoms with Crippen LogP contribution < -0.4 is 0 Å². The number of hydrogen-bond donors (Lipinski definition) is 1. The highest BCUT2D eigenvalue weighted by atomic mass is 32.2. The van der Waals surface area contributed by atoms with Crippen molar-refractivity contribution in [2.75, 3.05) is 5.75 Å². The Kier molecular flexibility index (Phi) is 3.98. The van der Waals surface area contributed by atoms with Gasteiger partial charge < -0.3 is 5.11 Å². The van der Waals surface area contributed by atoms with Crippen molar-refractivity contribution in [2.24, 2.45) is 0 Å². The Morgan fingerprint density at radius 2 is 2.22 bits per heavy atom. The molecule has 0 unspecified atom stereocenters. The Morgan fingerprint density at radius 1 is 1.50 bits per heavy atom. The average Bonchev–Trinajstić information content (AvgIpc) is 2.69. The number of carboxylic acid groups (broad SMARTS) is 1. The van der Waals surface area contributed by atoms with Gasteiger partial charge in [0, 0.05) is 10.4 Å². The van der Waals surface area contributed by atoms with Crippen LogP contribution in [0.3, 0.4) is 0 Å². The molecule has 0 amide bonds. The summed E-state index contributed by atoms with van der Waals surface area (Å²) < 4.78 is 14.3. The third kappa shape index (κ3) is 2.88. The molecule has 3 nitrogen and oxygen atoms in total. The summed E-state index contributed by atoms with van der Waals surface area (Å²) >= 11 is 2.53. The second kappa shape index (κ2) is 5.49. The van der Waals surface area contributed by atoms with Crippen LogP contribution >= 0.6 is 23.1 Å². The van der Waals surface area contributed by atoms with E-state index >= 15 is 0 Å². The molecule has 0 saturated heterocycles. The number of hydrogen-bond acceptors (Lipinski definition) is 4. The predicted molar refractivity (Wildman–Crippen MR) is 70.6 cm³/mol. The van der Waals surface area contributed by atoms with Gasteiger partial charge in [0.1, 0.15) is 5.82 Å². The van der Waals surface area contributed by atoms with Gasteiger partial charge >= 0.3 is 5.97 Å². The average molecular weight is 283 g/mol. The Morgan fingerprint density at radius 3 is 2.89 bits per heavy atom. The Labute approximate surface area is 112 Å². The molecule has 0 atom stereocenters. The molecule has 0 radical (unpaired) electrons. The second-order valence-corrected chi connectivity index (χ2v) is 5.97. The standard InChI is InChI=1S/C12H10FNO2S2/c1-7-11(8-4-2-3-5-9(8)13)14-12(18-7)17-6-10(15)16/h2-5H,6H2,1H3,(H,15,16). The van der Waals surface area contributed by atoms with Crippen LogP contribution in [0.1, 0.15) is 4.88 Å². The van der Waals surface area contributed by atoms with E-state index < -0.39 is 5.97 Å². The fourth-order valence-electron chi connectivity index (χ4n) is 1.46. The normalized spacial score (nSPS) is 10.6. The number of thiazole rings is 1. The smallest absolute Gasteiger partial charge is 0.313 e. The molecule has 0 fully saturated rings. The van der Waals surface area contributed by atoms with Gasteiger partial charge in [0.05, 0.1) is 11.4 Å². The first-order chi connectivity index (χ1) is 8.58. The van der Waals surface area contributed by atoms with Gasteiger partial charge in [0.2, 0.25) is 0 Å². The summed E-state index contributed by atoms with van der Waals surface area (Å²) in [5.41, 5.74) is 1.04. The van der Waals surface area contributed by atoms with E-state index in [1.165, 1.54) is 17.4 Å². The van der Waals surface area contributed by atoms with Gasteiger partial charge in [-0.2, -0.15) is 0 Å². The Bertz CT molecular complexity index is 583. The van der Waals surface area contributed by atoms with Crippen LogP contribution in [0.4, 0.5) is 4.39 Å². The van der Waals surface area contributed by atoms with Crippen molar-refractivity contribution in [3.05, 3.63) is 35.0 Å². The molecule has 1 heterocycles. The molecule has 1 aromatic carbocycles. The fraction of sp³-hybridized carbons (Fsp3) is 0.167. The van der Waals surface area contributed by atoms with Crippen LogP contribution in [-0.4, -0.2) is 21.8 Å². The number of carboxylic acids is 1. The molecule has 2 aromatic rings. The largest absolute Gasteiger partial charge is 0.481 e. The highest BCUT2D eigenvalue weighted by Gasteiger charge is 2.14. The molecule has 0 saturated carbocycles. The SMILES string of the molecule is Cc1sc(SCC(=O)O)nc1-c1ccccc1F. The Hall–Kier alpha value is -1.40. The first-order valence-electron chi connectivity index (χ1n) is 5.15. The second-order valence-electron chi connectivity index (χ2n) is 3.55. The van der Waals surface area contributed by atoms with E-state index in [0.29, 0.717) is 15.6 Å². The van der Waals surface area contributed by atoms with E-state index in [9.17, 15) is 9.18 Å². The Balaban J connectivity index is 2.30. The minimum Gasteiger partial charge on any atom is -0.481 e. The zero-order chi connectivity index (χ0) is 13.1. The van der Waals surface area contributed by atoms with Crippen LogP contribution in [0.25, 0.3) is 11.3 Å². The molecular formula is C12H10FNO2S2. The number of nitrogens with zero attached hydrogens (tertiary/aromatic N) is 1. The zero-order valence-electron chi connectivity index (χ0n) is 9.51. The first-order valence-corrected chi connectivity index (χ1v) is 6.95. The molecule has 0 aliphatic carbocycles. The number of thioether (sulfide) groups is 1. The van der Waals surface area contributed by atoms with Gasteiger partial charge in [-0.15, -0.1) is 11.3 Å². The van der Waals surface area contributed by atoms with Crippen LogP contribution in [0.5, 0.6) is 0 Å². The molecule has 0 bridgehead atoms. The van der Waals surface area contributed by atoms with Gasteiger partial charge in [0.15, 0.2) is 4.34 Å². The third-order valence-corrected chi connectivity index (χ3v) is 4.32. The lowest BCUT2D eigenvalue weighted by atomic mass is 10.1. The number of halogens is 1. The summed E-state index contributed by atoms with van der Waals surface area (Å²) in [6.07, 6.45) is 0. The summed E-state index contributed by atoms with van der Waals surface area (Å²) in [6.45, 7) is 1.85. The summed E-state index contributed by atoms with van der Waals surface area (Å²) in [7, 11) is 0. The molecule has 0 spiro atoms. The van der Waals surface area contributed by atoms with E-state index in [2.05, 4.69) is 4.98 Å². The van der Waals surface area contributed by atoms with E-state index in [1.54, 1.807) is 18.2 Å². The lowest BCUT2D eigenvalue weighted by Crippen LogP contribution is -1.97. The van der Waals surface area contributed by atoms with Crippen molar-refractivity contribution in [2.45, 2.75) is 11.3 Å². The number of aryl methyl sites for hydroxylation is 1. The lowest BCUT2D eigenvalue weighted by molar-refractivity contribution is -0.133. The van der Waals surface area contributed by atoms with E-state index in [-0.39, 0.29) is 11.6 Å². The highest BCUT2D eigenvalue weighted by molar-refractivity contribution is 8.01. The van der Waals surface area contributed by atoms with Gasteiger partial charge in [0.25, 0.3) is 0 Å². The van der Waals surface area contributed by atoms with Gasteiger partial charge in [-0.3, -0.25) is 4.79 Å². The number of aromatic nitrogens is 1. The maximum atomic E-state index is 13.6. The minimum absolute atomic E-state index is 0.0380. The zero-order valence-corrected chi connectivity index (χ0v) is 11.1. The van der Waals surface area contributed by atoms with E-state index in [0.717, 1.165) is 16.6 Å². The minimum atomic E-state index is -0.889. The van der Waals surface area contributed by atoms with Crippen molar-refractivity contribution in [1.82, 2.24) is 4.98 Å².